The monoisotopic (exact) mass is 229 g/mol. The van der Waals surface area contributed by atoms with Crippen molar-refractivity contribution in [2.24, 2.45) is 5.14 Å². The van der Waals surface area contributed by atoms with E-state index in [1.54, 1.807) is 19.1 Å². The van der Waals surface area contributed by atoms with E-state index < -0.39 is 15.6 Å². The minimum Gasteiger partial charge on any atom is -0.385 e. The number of hydrogen-bond donors (Lipinski definition) is 2. The molecule has 0 spiro atoms. The van der Waals surface area contributed by atoms with E-state index in [1.807, 2.05) is 6.92 Å². The molecule has 0 saturated heterocycles. The summed E-state index contributed by atoms with van der Waals surface area (Å²) in [4.78, 5) is 0.0538. The van der Waals surface area contributed by atoms with E-state index in [4.69, 9.17) is 5.14 Å². The van der Waals surface area contributed by atoms with Gasteiger partial charge in [0, 0.05) is 0 Å². The van der Waals surface area contributed by atoms with Gasteiger partial charge in [0.2, 0.25) is 10.0 Å². The Morgan fingerprint density at radius 3 is 2.13 bits per heavy atom. The number of benzene rings is 1. The predicted molar refractivity (Wildman–Crippen MR) is 57.7 cm³/mol. The minimum absolute atomic E-state index is 0.0538. The molecule has 0 amide bonds. The van der Waals surface area contributed by atoms with E-state index in [9.17, 15) is 13.5 Å². The maximum absolute atomic E-state index is 11.0. The molecule has 0 radical (unpaired) electrons. The first-order valence-electron chi connectivity index (χ1n) is 4.63. The van der Waals surface area contributed by atoms with Crippen molar-refractivity contribution >= 4 is 10.0 Å². The lowest BCUT2D eigenvalue weighted by atomic mass is 9.94. The molecule has 15 heavy (non-hydrogen) atoms. The Kier molecular flexibility index (Phi) is 3.18. The molecule has 1 unspecified atom stereocenters. The second-order valence-corrected chi connectivity index (χ2v) is 5.26. The van der Waals surface area contributed by atoms with Crippen LogP contribution >= 0.6 is 0 Å². The molecule has 1 aromatic carbocycles. The molecule has 0 saturated carbocycles. The molecule has 1 atom stereocenters. The Balaban J connectivity index is 3.12. The van der Waals surface area contributed by atoms with Crippen LogP contribution in [0.2, 0.25) is 0 Å². The fraction of sp³-hybridized carbons (Fsp3) is 0.400. The largest absolute Gasteiger partial charge is 0.385 e. The van der Waals surface area contributed by atoms with Gasteiger partial charge in [-0.05, 0) is 31.0 Å². The molecule has 3 N–H and O–H groups in total. The van der Waals surface area contributed by atoms with Crippen LogP contribution in [0.4, 0.5) is 0 Å². The molecule has 0 aliphatic heterocycles. The molecular weight excluding hydrogens is 214 g/mol. The van der Waals surface area contributed by atoms with Crippen molar-refractivity contribution in [3.05, 3.63) is 29.8 Å². The van der Waals surface area contributed by atoms with Gasteiger partial charge in [-0.2, -0.15) is 0 Å². The Hall–Kier alpha value is -0.910. The summed E-state index contributed by atoms with van der Waals surface area (Å²) < 4.78 is 22.0. The average Bonchev–Trinajstić information content (AvgIpc) is 2.17. The quantitative estimate of drug-likeness (QED) is 0.809. The highest BCUT2D eigenvalue weighted by atomic mass is 32.2. The lowest BCUT2D eigenvalue weighted by molar-refractivity contribution is 0.0530. The Morgan fingerprint density at radius 2 is 1.80 bits per heavy atom. The van der Waals surface area contributed by atoms with Gasteiger partial charge in [-0.1, -0.05) is 19.1 Å². The van der Waals surface area contributed by atoms with E-state index in [0.717, 1.165) is 0 Å². The number of nitrogens with two attached hydrogens (primary N) is 1. The summed E-state index contributed by atoms with van der Waals surface area (Å²) >= 11 is 0. The van der Waals surface area contributed by atoms with Gasteiger partial charge in [0.15, 0.2) is 0 Å². The van der Waals surface area contributed by atoms with Gasteiger partial charge < -0.3 is 5.11 Å². The van der Waals surface area contributed by atoms with Crippen molar-refractivity contribution in [2.75, 3.05) is 0 Å². The van der Waals surface area contributed by atoms with Crippen LogP contribution in [0.1, 0.15) is 25.8 Å². The number of aliphatic hydroxyl groups is 1. The maximum Gasteiger partial charge on any atom is 0.238 e. The van der Waals surface area contributed by atoms with E-state index in [2.05, 4.69) is 0 Å². The van der Waals surface area contributed by atoms with E-state index in [1.165, 1.54) is 12.1 Å². The number of primary sulfonamides is 1. The number of sulfonamides is 1. The highest BCUT2D eigenvalue weighted by molar-refractivity contribution is 7.89. The summed E-state index contributed by atoms with van der Waals surface area (Å²) in [6.45, 7) is 3.53. The van der Waals surface area contributed by atoms with Crippen molar-refractivity contribution in [1.29, 1.82) is 0 Å². The van der Waals surface area contributed by atoms with Gasteiger partial charge in [-0.3, -0.25) is 0 Å². The lowest BCUT2D eigenvalue weighted by Gasteiger charge is -2.21. The Morgan fingerprint density at radius 1 is 1.33 bits per heavy atom. The molecule has 0 heterocycles. The van der Waals surface area contributed by atoms with Crippen LogP contribution in [-0.2, 0) is 15.6 Å². The van der Waals surface area contributed by atoms with Gasteiger partial charge in [0.05, 0.1) is 10.5 Å². The van der Waals surface area contributed by atoms with Crippen LogP contribution in [0.25, 0.3) is 0 Å². The SMILES string of the molecule is CCC(C)(O)c1ccc(S(N)(=O)=O)cc1. The third-order valence-electron chi connectivity index (χ3n) is 2.49. The van der Waals surface area contributed by atoms with Gasteiger partial charge in [0.1, 0.15) is 0 Å². The van der Waals surface area contributed by atoms with Crippen molar-refractivity contribution < 1.29 is 13.5 Å². The van der Waals surface area contributed by atoms with E-state index in [0.29, 0.717) is 12.0 Å². The van der Waals surface area contributed by atoms with E-state index >= 15 is 0 Å². The molecule has 1 rings (SSSR count). The normalized spacial score (nSPS) is 16.0. The first-order valence-corrected chi connectivity index (χ1v) is 6.18. The zero-order valence-corrected chi connectivity index (χ0v) is 9.58. The predicted octanol–water partition coefficient (Wildman–Crippen LogP) is 0.952. The van der Waals surface area contributed by atoms with Crippen molar-refractivity contribution in [3.8, 4) is 0 Å². The summed E-state index contributed by atoms with van der Waals surface area (Å²) in [6.07, 6.45) is 0.557. The Labute approximate surface area is 89.8 Å². The van der Waals surface area contributed by atoms with Crippen LogP contribution in [0.5, 0.6) is 0 Å². The molecule has 84 valence electrons. The zero-order chi connectivity index (χ0) is 11.7. The first kappa shape index (κ1) is 12.2. The zero-order valence-electron chi connectivity index (χ0n) is 8.77. The van der Waals surface area contributed by atoms with Gasteiger partial charge in [-0.25, -0.2) is 13.6 Å². The summed E-state index contributed by atoms with van der Waals surface area (Å²) in [5.74, 6) is 0. The third kappa shape index (κ3) is 2.77. The lowest BCUT2D eigenvalue weighted by Crippen LogP contribution is -2.20. The smallest absolute Gasteiger partial charge is 0.238 e. The number of hydrogen-bond acceptors (Lipinski definition) is 3. The third-order valence-corrected chi connectivity index (χ3v) is 3.42. The first-order chi connectivity index (χ1) is 6.77. The molecule has 5 heteroatoms. The van der Waals surface area contributed by atoms with Crippen LogP contribution < -0.4 is 5.14 Å². The molecular formula is C10H15NO3S. The molecule has 0 bridgehead atoms. The van der Waals surface area contributed by atoms with Gasteiger partial charge in [-0.15, -0.1) is 0 Å². The molecule has 0 aliphatic rings. The molecule has 0 aliphatic carbocycles. The highest BCUT2D eigenvalue weighted by Crippen LogP contribution is 2.24. The molecule has 1 aromatic rings. The van der Waals surface area contributed by atoms with Crippen LogP contribution in [0.15, 0.2) is 29.2 Å². The highest BCUT2D eigenvalue weighted by Gasteiger charge is 2.20. The number of rotatable bonds is 3. The standard InChI is InChI=1S/C10H15NO3S/c1-3-10(2,12)8-4-6-9(7-5-8)15(11,13)14/h4-7,12H,3H2,1-2H3,(H2,11,13,14). The summed E-state index contributed by atoms with van der Waals surface area (Å²) in [6, 6.07) is 5.94. The molecule has 0 fully saturated rings. The maximum atomic E-state index is 11.0. The summed E-state index contributed by atoms with van der Waals surface area (Å²) in [7, 11) is -3.65. The minimum atomic E-state index is -3.65. The topological polar surface area (TPSA) is 80.4 Å². The molecule has 4 nitrogen and oxygen atoms in total. The summed E-state index contributed by atoms with van der Waals surface area (Å²) in [5.41, 5.74) is -0.255. The van der Waals surface area contributed by atoms with Crippen molar-refractivity contribution in [1.82, 2.24) is 0 Å². The van der Waals surface area contributed by atoms with Crippen LogP contribution in [-0.4, -0.2) is 13.5 Å². The van der Waals surface area contributed by atoms with Crippen molar-refractivity contribution in [2.45, 2.75) is 30.8 Å². The van der Waals surface area contributed by atoms with Gasteiger partial charge >= 0.3 is 0 Å². The van der Waals surface area contributed by atoms with Crippen molar-refractivity contribution in [3.63, 3.8) is 0 Å². The molecule has 0 aromatic heterocycles. The second kappa shape index (κ2) is 3.92. The van der Waals surface area contributed by atoms with Crippen LogP contribution in [0, 0.1) is 0 Å². The fourth-order valence-corrected chi connectivity index (χ4v) is 1.72. The van der Waals surface area contributed by atoms with Gasteiger partial charge in [0.25, 0.3) is 0 Å². The fourth-order valence-electron chi connectivity index (χ4n) is 1.21. The van der Waals surface area contributed by atoms with Crippen LogP contribution in [0.3, 0.4) is 0 Å². The Bertz CT molecular complexity index is 434. The summed E-state index contributed by atoms with van der Waals surface area (Å²) in [5, 5.41) is 14.9. The van der Waals surface area contributed by atoms with E-state index in [-0.39, 0.29) is 4.90 Å². The average molecular weight is 229 g/mol. The second-order valence-electron chi connectivity index (χ2n) is 3.70.